The molecule has 2 aromatic rings. The van der Waals surface area contributed by atoms with Gasteiger partial charge in [-0.2, -0.15) is 0 Å². The summed E-state index contributed by atoms with van der Waals surface area (Å²) in [6.07, 6.45) is 0. The van der Waals surface area contributed by atoms with Crippen LogP contribution in [0.3, 0.4) is 0 Å². The maximum absolute atomic E-state index is 5.52. The summed E-state index contributed by atoms with van der Waals surface area (Å²) in [5, 5.41) is 7.49. The molecular weight excluding hydrogens is 240 g/mol. The summed E-state index contributed by atoms with van der Waals surface area (Å²) >= 11 is 0. The Morgan fingerprint density at radius 3 is 2.89 bits per heavy atom. The Labute approximate surface area is 112 Å². The Kier molecular flexibility index (Phi) is 3.36. The molecule has 0 spiro atoms. The van der Waals surface area contributed by atoms with Crippen LogP contribution in [0.25, 0.3) is 11.1 Å². The quantitative estimate of drug-likeness (QED) is 0.899. The lowest BCUT2D eigenvalue weighted by molar-refractivity contribution is 0.0769. The fourth-order valence-corrected chi connectivity index (χ4v) is 2.59. The van der Waals surface area contributed by atoms with Gasteiger partial charge in [-0.3, -0.25) is 0 Å². The van der Waals surface area contributed by atoms with Crippen LogP contribution in [0.1, 0.15) is 23.1 Å². The second-order valence-electron chi connectivity index (χ2n) is 4.91. The van der Waals surface area contributed by atoms with Crippen molar-refractivity contribution in [2.75, 3.05) is 19.8 Å². The van der Waals surface area contributed by atoms with Gasteiger partial charge in [0.1, 0.15) is 5.76 Å². The van der Waals surface area contributed by atoms with Crippen molar-refractivity contribution in [3.05, 3.63) is 41.3 Å². The molecule has 0 radical (unpaired) electrons. The summed E-state index contributed by atoms with van der Waals surface area (Å²) in [6, 6.07) is 8.77. The molecule has 0 saturated carbocycles. The minimum atomic E-state index is 0.272. The number of morpholine rings is 1. The molecular formula is C15H18N2O2. The van der Waals surface area contributed by atoms with Gasteiger partial charge in [0.05, 0.1) is 24.9 Å². The molecule has 0 amide bonds. The van der Waals surface area contributed by atoms with E-state index in [1.54, 1.807) is 0 Å². The van der Waals surface area contributed by atoms with Crippen LogP contribution < -0.4 is 5.32 Å². The van der Waals surface area contributed by atoms with E-state index in [0.717, 1.165) is 42.3 Å². The lowest BCUT2D eigenvalue weighted by Gasteiger charge is -2.24. The van der Waals surface area contributed by atoms with Crippen LogP contribution in [0.4, 0.5) is 0 Å². The van der Waals surface area contributed by atoms with Crippen molar-refractivity contribution in [3.63, 3.8) is 0 Å². The minimum Gasteiger partial charge on any atom is -0.378 e. The molecule has 1 aromatic heterocycles. The Morgan fingerprint density at radius 2 is 2.21 bits per heavy atom. The van der Waals surface area contributed by atoms with Crippen LogP contribution in [-0.2, 0) is 4.74 Å². The number of nitrogens with zero attached hydrogens (tertiary/aromatic N) is 1. The normalized spacial score (nSPS) is 19.6. The van der Waals surface area contributed by atoms with Crippen molar-refractivity contribution < 1.29 is 9.26 Å². The fraction of sp³-hybridized carbons (Fsp3) is 0.400. The monoisotopic (exact) mass is 258 g/mol. The largest absolute Gasteiger partial charge is 0.378 e. The van der Waals surface area contributed by atoms with E-state index in [1.807, 2.05) is 13.8 Å². The first-order valence-electron chi connectivity index (χ1n) is 6.60. The highest BCUT2D eigenvalue weighted by Crippen LogP contribution is 2.29. The highest BCUT2D eigenvalue weighted by atomic mass is 16.5. The Hall–Kier alpha value is -1.65. The third-order valence-electron chi connectivity index (χ3n) is 3.53. The number of aryl methyl sites for hydroxylation is 2. The maximum atomic E-state index is 5.52. The highest BCUT2D eigenvalue weighted by molar-refractivity contribution is 5.68. The second kappa shape index (κ2) is 5.15. The van der Waals surface area contributed by atoms with Crippen LogP contribution in [0.2, 0.25) is 0 Å². The van der Waals surface area contributed by atoms with Crippen LogP contribution in [-0.4, -0.2) is 24.9 Å². The van der Waals surface area contributed by atoms with Gasteiger partial charge in [0.25, 0.3) is 0 Å². The van der Waals surface area contributed by atoms with Gasteiger partial charge in [-0.15, -0.1) is 0 Å². The third-order valence-corrected chi connectivity index (χ3v) is 3.53. The fourth-order valence-electron chi connectivity index (χ4n) is 2.59. The third kappa shape index (κ3) is 2.41. The molecule has 1 aliphatic heterocycles. The zero-order valence-electron chi connectivity index (χ0n) is 11.3. The summed E-state index contributed by atoms with van der Waals surface area (Å²) in [4.78, 5) is 0. The molecule has 1 unspecified atom stereocenters. The van der Waals surface area contributed by atoms with Crippen LogP contribution >= 0.6 is 0 Å². The van der Waals surface area contributed by atoms with Gasteiger partial charge in [0.15, 0.2) is 0 Å². The smallest absolute Gasteiger partial charge is 0.141 e. The summed E-state index contributed by atoms with van der Waals surface area (Å²) in [7, 11) is 0. The molecule has 100 valence electrons. The number of aromatic nitrogens is 1. The van der Waals surface area contributed by atoms with Gasteiger partial charge in [-0.25, -0.2) is 0 Å². The molecule has 4 heteroatoms. The van der Waals surface area contributed by atoms with Crippen molar-refractivity contribution in [2.24, 2.45) is 0 Å². The van der Waals surface area contributed by atoms with Crippen molar-refractivity contribution >= 4 is 0 Å². The van der Waals surface area contributed by atoms with Gasteiger partial charge >= 0.3 is 0 Å². The van der Waals surface area contributed by atoms with E-state index in [4.69, 9.17) is 9.26 Å². The van der Waals surface area contributed by atoms with Crippen molar-refractivity contribution in [1.29, 1.82) is 0 Å². The SMILES string of the molecule is Cc1noc(C)c1-c1cccc(C2COCCN2)c1. The lowest BCUT2D eigenvalue weighted by atomic mass is 9.98. The molecule has 2 heterocycles. The van der Waals surface area contributed by atoms with Gasteiger partial charge in [0.2, 0.25) is 0 Å². The first kappa shape index (κ1) is 12.4. The molecule has 1 atom stereocenters. The lowest BCUT2D eigenvalue weighted by Crippen LogP contribution is -2.34. The summed E-state index contributed by atoms with van der Waals surface area (Å²) < 4.78 is 10.8. The predicted octanol–water partition coefficient (Wildman–Crippen LogP) is 2.62. The first-order chi connectivity index (χ1) is 9.25. The standard InChI is InChI=1S/C15H18N2O2/c1-10-15(11(2)19-17-10)13-5-3-4-12(8-13)14-9-18-7-6-16-14/h3-5,8,14,16H,6-7,9H2,1-2H3. The number of benzene rings is 1. The average molecular weight is 258 g/mol. The zero-order valence-corrected chi connectivity index (χ0v) is 11.3. The number of hydrogen-bond acceptors (Lipinski definition) is 4. The Balaban J connectivity index is 1.95. The van der Waals surface area contributed by atoms with Crippen molar-refractivity contribution in [1.82, 2.24) is 10.5 Å². The van der Waals surface area contributed by atoms with E-state index in [9.17, 15) is 0 Å². The molecule has 1 aromatic carbocycles. The topological polar surface area (TPSA) is 47.3 Å². The van der Waals surface area contributed by atoms with Gasteiger partial charge in [-0.1, -0.05) is 23.4 Å². The van der Waals surface area contributed by atoms with Crippen molar-refractivity contribution in [3.8, 4) is 11.1 Å². The molecule has 0 bridgehead atoms. The van der Waals surface area contributed by atoms with E-state index < -0.39 is 0 Å². The number of nitrogens with one attached hydrogen (secondary N) is 1. The van der Waals surface area contributed by atoms with Crippen LogP contribution in [0.15, 0.2) is 28.8 Å². The molecule has 1 N–H and O–H groups in total. The van der Waals surface area contributed by atoms with Gasteiger partial charge < -0.3 is 14.6 Å². The maximum Gasteiger partial charge on any atom is 0.141 e. The molecule has 1 saturated heterocycles. The molecule has 1 aliphatic rings. The van der Waals surface area contributed by atoms with E-state index >= 15 is 0 Å². The average Bonchev–Trinajstić information content (AvgIpc) is 2.79. The van der Waals surface area contributed by atoms with Gasteiger partial charge in [0, 0.05) is 12.1 Å². The summed E-state index contributed by atoms with van der Waals surface area (Å²) in [5.41, 5.74) is 4.43. The molecule has 3 rings (SSSR count). The number of rotatable bonds is 2. The van der Waals surface area contributed by atoms with E-state index in [0.29, 0.717) is 0 Å². The molecule has 1 fully saturated rings. The summed E-state index contributed by atoms with van der Waals surface area (Å²) in [5.74, 6) is 0.863. The Morgan fingerprint density at radius 1 is 1.32 bits per heavy atom. The van der Waals surface area contributed by atoms with E-state index in [1.165, 1.54) is 5.56 Å². The van der Waals surface area contributed by atoms with E-state index in [-0.39, 0.29) is 6.04 Å². The highest BCUT2D eigenvalue weighted by Gasteiger charge is 2.17. The molecule has 19 heavy (non-hydrogen) atoms. The molecule has 0 aliphatic carbocycles. The first-order valence-corrected chi connectivity index (χ1v) is 6.60. The second-order valence-corrected chi connectivity index (χ2v) is 4.91. The summed E-state index contributed by atoms with van der Waals surface area (Å²) in [6.45, 7) is 6.34. The minimum absolute atomic E-state index is 0.272. The number of ether oxygens (including phenoxy) is 1. The van der Waals surface area contributed by atoms with Crippen molar-refractivity contribution in [2.45, 2.75) is 19.9 Å². The van der Waals surface area contributed by atoms with E-state index in [2.05, 4.69) is 34.7 Å². The predicted molar refractivity (Wildman–Crippen MR) is 73.0 cm³/mol. The number of hydrogen-bond donors (Lipinski definition) is 1. The van der Waals surface area contributed by atoms with Crippen LogP contribution in [0, 0.1) is 13.8 Å². The molecule has 4 nitrogen and oxygen atoms in total. The zero-order chi connectivity index (χ0) is 13.2. The van der Waals surface area contributed by atoms with Gasteiger partial charge in [-0.05, 0) is 31.0 Å². The Bertz CT molecular complexity index is 552. The van der Waals surface area contributed by atoms with Crippen LogP contribution in [0.5, 0.6) is 0 Å².